The Bertz CT molecular complexity index is 472. The van der Waals surface area contributed by atoms with Crippen LogP contribution in [-0.4, -0.2) is 27.4 Å². The van der Waals surface area contributed by atoms with Crippen molar-refractivity contribution in [3.63, 3.8) is 0 Å². The number of aliphatic hydroxyl groups excluding tert-OH is 2. The van der Waals surface area contributed by atoms with E-state index in [1.807, 2.05) is 0 Å². The lowest BCUT2D eigenvalue weighted by Gasteiger charge is -2.18. The fourth-order valence-corrected chi connectivity index (χ4v) is 1.44. The molecule has 2 unspecified atom stereocenters. The summed E-state index contributed by atoms with van der Waals surface area (Å²) in [4.78, 5) is 10.3. The van der Waals surface area contributed by atoms with Crippen molar-refractivity contribution in [2.45, 2.75) is 24.8 Å². The lowest BCUT2D eigenvalue weighted by atomic mass is 10.00. The summed E-state index contributed by atoms with van der Waals surface area (Å²) in [7, 11) is 0. The number of benzene rings is 1. The van der Waals surface area contributed by atoms with Crippen molar-refractivity contribution in [2.75, 3.05) is 0 Å². The van der Waals surface area contributed by atoms with E-state index in [0.29, 0.717) is 12.1 Å². The summed E-state index contributed by atoms with van der Waals surface area (Å²) in [5.74, 6) is -2.80. The molecule has 0 bridgehead atoms. The topological polar surface area (TPSA) is 77.8 Å². The molecule has 1 aromatic carbocycles. The maximum atomic E-state index is 13.4. The quantitative estimate of drug-likeness (QED) is 0.735. The maximum absolute atomic E-state index is 13.4. The van der Waals surface area contributed by atoms with Crippen LogP contribution in [0.1, 0.15) is 23.7 Å². The van der Waals surface area contributed by atoms with Gasteiger partial charge in [-0.25, -0.2) is 4.39 Å². The van der Waals surface area contributed by atoms with Gasteiger partial charge in [-0.05, 0) is 12.1 Å². The third-order valence-corrected chi connectivity index (χ3v) is 2.39. The van der Waals surface area contributed by atoms with Crippen LogP contribution >= 0.6 is 0 Å². The molecule has 1 rings (SSSR count). The molecule has 2 atom stereocenters. The van der Waals surface area contributed by atoms with Crippen LogP contribution in [0.4, 0.5) is 17.6 Å². The van der Waals surface area contributed by atoms with E-state index in [0.717, 1.165) is 0 Å². The Labute approximate surface area is 104 Å². The molecular weight excluding hydrogens is 272 g/mol. The van der Waals surface area contributed by atoms with E-state index in [1.54, 1.807) is 0 Å². The molecule has 0 aliphatic rings. The van der Waals surface area contributed by atoms with E-state index in [4.69, 9.17) is 5.11 Å². The molecule has 0 spiro atoms. The zero-order chi connectivity index (χ0) is 14.8. The largest absolute Gasteiger partial charge is 0.481 e. The van der Waals surface area contributed by atoms with E-state index in [-0.39, 0.29) is 6.07 Å². The van der Waals surface area contributed by atoms with E-state index in [9.17, 15) is 32.6 Å². The van der Waals surface area contributed by atoms with Crippen molar-refractivity contribution in [2.24, 2.45) is 0 Å². The van der Waals surface area contributed by atoms with Gasteiger partial charge < -0.3 is 15.3 Å². The van der Waals surface area contributed by atoms with Crippen LogP contribution in [0.15, 0.2) is 18.2 Å². The molecule has 8 heteroatoms. The normalized spacial score (nSPS) is 15.1. The summed E-state index contributed by atoms with van der Waals surface area (Å²) in [6, 6.07) is 1.37. The van der Waals surface area contributed by atoms with Crippen molar-refractivity contribution in [3.8, 4) is 0 Å². The third kappa shape index (κ3) is 3.90. The van der Waals surface area contributed by atoms with Crippen LogP contribution in [0.3, 0.4) is 0 Å². The summed E-state index contributed by atoms with van der Waals surface area (Å²) in [5, 5.41) is 27.1. The Balaban J connectivity index is 2.99. The predicted molar refractivity (Wildman–Crippen MR) is 54.6 cm³/mol. The summed E-state index contributed by atoms with van der Waals surface area (Å²) in [6.45, 7) is 0. The average molecular weight is 282 g/mol. The molecule has 1 aromatic rings. The number of aliphatic hydroxyl groups is 2. The van der Waals surface area contributed by atoms with Crippen molar-refractivity contribution in [3.05, 3.63) is 35.1 Å². The second kappa shape index (κ2) is 5.54. The zero-order valence-corrected chi connectivity index (χ0v) is 9.36. The molecule has 0 saturated heterocycles. The van der Waals surface area contributed by atoms with Crippen molar-refractivity contribution < 1.29 is 37.7 Å². The van der Waals surface area contributed by atoms with Crippen molar-refractivity contribution >= 4 is 5.97 Å². The SMILES string of the molecule is O=C(O)CC(O)C(O)c1ccc(C(F)(F)F)cc1F. The van der Waals surface area contributed by atoms with Gasteiger partial charge in [0.2, 0.25) is 0 Å². The summed E-state index contributed by atoms with van der Waals surface area (Å²) in [6.07, 6.45) is -9.33. The Kier molecular flexibility index (Phi) is 4.48. The van der Waals surface area contributed by atoms with Crippen LogP contribution in [-0.2, 0) is 11.0 Å². The Morgan fingerprint density at radius 1 is 1.26 bits per heavy atom. The molecule has 4 nitrogen and oxygen atoms in total. The van der Waals surface area contributed by atoms with Gasteiger partial charge in [-0.1, -0.05) is 6.07 Å². The first-order chi connectivity index (χ1) is 8.62. The fourth-order valence-electron chi connectivity index (χ4n) is 1.44. The number of aliphatic carboxylic acids is 1. The van der Waals surface area contributed by atoms with E-state index in [1.165, 1.54) is 0 Å². The number of carbonyl (C=O) groups is 1. The van der Waals surface area contributed by atoms with Gasteiger partial charge in [0.15, 0.2) is 0 Å². The molecule has 0 saturated carbocycles. The molecule has 0 aliphatic heterocycles. The van der Waals surface area contributed by atoms with Gasteiger partial charge in [0, 0.05) is 5.56 Å². The van der Waals surface area contributed by atoms with Gasteiger partial charge >= 0.3 is 12.1 Å². The van der Waals surface area contributed by atoms with Crippen molar-refractivity contribution in [1.82, 2.24) is 0 Å². The minimum atomic E-state index is -4.73. The maximum Gasteiger partial charge on any atom is 0.416 e. The van der Waals surface area contributed by atoms with E-state index >= 15 is 0 Å². The van der Waals surface area contributed by atoms with Gasteiger partial charge in [-0.2, -0.15) is 13.2 Å². The van der Waals surface area contributed by atoms with Crippen LogP contribution in [0.25, 0.3) is 0 Å². The second-order valence-corrected chi connectivity index (χ2v) is 3.84. The standard InChI is InChI=1S/C11H10F4O4/c12-7-3-5(11(13,14)15)1-2-6(7)10(19)8(16)4-9(17)18/h1-3,8,10,16,19H,4H2,(H,17,18). The lowest BCUT2D eigenvalue weighted by molar-refractivity contribution is -0.141. The highest BCUT2D eigenvalue weighted by Crippen LogP contribution is 2.32. The molecule has 106 valence electrons. The number of rotatable bonds is 4. The molecule has 0 heterocycles. The highest BCUT2D eigenvalue weighted by atomic mass is 19.4. The fraction of sp³-hybridized carbons (Fsp3) is 0.364. The molecule has 3 N–H and O–H groups in total. The number of hydrogen-bond acceptors (Lipinski definition) is 3. The molecular formula is C11H10F4O4. The van der Waals surface area contributed by atoms with Crippen molar-refractivity contribution in [1.29, 1.82) is 0 Å². The number of carboxylic acid groups (broad SMARTS) is 1. The summed E-state index contributed by atoms with van der Waals surface area (Å²) >= 11 is 0. The molecule has 0 fully saturated rings. The second-order valence-electron chi connectivity index (χ2n) is 3.84. The minimum Gasteiger partial charge on any atom is -0.481 e. The van der Waals surface area contributed by atoms with Crippen LogP contribution in [0, 0.1) is 5.82 Å². The number of carboxylic acids is 1. The Hall–Kier alpha value is -1.67. The number of hydrogen-bond donors (Lipinski definition) is 3. The monoisotopic (exact) mass is 282 g/mol. The first-order valence-electron chi connectivity index (χ1n) is 5.07. The van der Waals surface area contributed by atoms with Gasteiger partial charge in [0.25, 0.3) is 0 Å². The van der Waals surface area contributed by atoms with E-state index < -0.39 is 47.7 Å². The average Bonchev–Trinajstić information content (AvgIpc) is 2.25. The van der Waals surface area contributed by atoms with Crippen LogP contribution in [0.2, 0.25) is 0 Å². The summed E-state index contributed by atoms with van der Waals surface area (Å²) in [5.41, 5.74) is -1.84. The van der Waals surface area contributed by atoms with Gasteiger partial charge in [0.1, 0.15) is 11.9 Å². The zero-order valence-electron chi connectivity index (χ0n) is 9.36. The molecule has 0 aromatic heterocycles. The smallest absolute Gasteiger partial charge is 0.416 e. The van der Waals surface area contributed by atoms with Gasteiger partial charge in [-0.15, -0.1) is 0 Å². The summed E-state index contributed by atoms with van der Waals surface area (Å²) < 4.78 is 50.2. The lowest BCUT2D eigenvalue weighted by Crippen LogP contribution is -2.22. The minimum absolute atomic E-state index is 0.173. The predicted octanol–water partition coefficient (Wildman–Crippen LogP) is 1.71. The van der Waals surface area contributed by atoms with E-state index in [2.05, 4.69) is 0 Å². The third-order valence-electron chi connectivity index (χ3n) is 2.39. The molecule has 0 aliphatic carbocycles. The Morgan fingerprint density at radius 3 is 2.26 bits per heavy atom. The van der Waals surface area contributed by atoms with Crippen LogP contribution < -0.4 is 0 Å². The molecule has 19 heavy (non-hydrogen) atoms. The highest BCUT2D eigenvalue weighted by Gasteiger charge is 2.32. The first kappa shape index (κ1) is 15.4. The highest BCUT2D eigenvalue weighted by molar-refractivity contribution is 5.67. The number of alkyl halides is 3. The number of halogens is 4. The Morgan fingerprint density at radius 2 is 1.84 bits per heavy atom. The molecule has 0 radical (unpaired) electrons. The van der Waals surface area contributed by atoms with Gasteiger partial charge in [0.05, 0.1) is 18.1 Å². The molecule has 0 amide bonds. The first-order valence-corrected chi connectivity index (χ1v) is 5.07. The van der Waals surface area contributed by atoms with Gasteiger partial charge in [-0.3, -0.25) is 4.79 Å². The van der Waals surface area contributed by atoms with Crippen LogP contribution in [0.5, 0.6) is 0 Å².